The Kier molecular flexibility index (Phi) is 6.44. The highest BCUT2D eigenvalue weighted by Crippen LogP contribution is 2.41. The van der Waals surface area contributed by atoms with Gasteiger partial charge in [-0.1, -0.05) is 60.5 Å². The summed E-state index contributed by atoms with van der Waals surface area (Å²) < 4.78 is 26.3. The Labute approximate surface area is 191 Å². The van der Waals surface area contributed by atoms with Crippen LogP contribution in [0.25, 0.3) is 22.2 Å². The fraction of sp³-hybridized carbons (Fsp3) is 0.174. The SMILES string of the molecule is CCS(=O)c1ccc(C(CO)c2nc3c(Cl)c(-c4ccccc4F)c(Cl)cc3[nH]2)cc1. The minimum atomic E-state index is -1.05. The second-order valence-electron chi connectivity index (χ2n) is 6.98. The summed E-state index contributed by atoms with van der Waals surface area (Å²) >= 11 is 13.0. The molecule has 0 bridgehead atoms. The van der Waals surface area contributed by atoms with E-state index < -0.39 is 22.5 Å². The van der Waals surface area contributed by atoms with E-state index in [0.29, 0.717) is 38.8 Å². The number of H-pyrrole nitrogens is 1. The Morgan fingerprint density at radius 2 is 1.87 bits per heavy atom. The molecule has 4 rings (SSSR count). The van der Waals surface area contributed by atoms with Gasteiger partial charge in [-0.05, 0) is 29.8 Å². The highest BCUT2D eigenvalue weighted by atomic mass is 35.5. The molecule has 2 atom stereocenters. The predicted octanol–water partition coefficient (Wildman–Crippen LogP) is 5.93. The van der Waals surface area contributed by atoms with Gasteiger partial charge < -0.3 is 10.1 Å². The summed E-state index contributed by atoms with van der Waals surface area (Å²) in [6.45, 7) is 1.67. The maximum absolute atomic E-state index is 14.4. The maximum atomic E-state index is 14.4. The predicted molar refractivity (Wildman–Crippen MR) is 124 cm³/mol. The molecule has 160 valence electrons. The largest absolute Gasteiger partial charge is 0.395 e. The van der Waals surface area contributed by atoms with Gasteiger partial charge in [-0.2, -0.15) is 0 Å². The van der Waals surface area contributed by atoms with E-state index in [9.17, 15) is 13.7 Å². The van der Waals surface area contributed by atoms with Gasteiger partial charge in [0, 0.05) is 21.8 Å². The Bertz CT molecular complexity index is 1270. The van der Waals surface area contributed by atoms with E-state index in [1.54, 1.807) is 36.4 Å². The molecular formula is C23H19Cl2FN2O2S. The number of fused-ring (bicyclic) bond motifs is 1. The third-order valence-electron chi connectivity index (χ3n) is 5.15. The molecule has 31 heavy (non-hydrogen) atoms. The van der Waals surface area contributed by atoms with Gasteiger partial charge in [-0.25, -0.2) is 9.37 Å². The van der Waals surface area contributed by atoms with E-state index in [4.69, 9.17) is 23.2 Å². The molecule has 0 saturated carbocycles. The monoisotopic (exact) mass is 476 g/mol. The number of halogens is 3. The Morgan fingerprint density at radius 3 is 2.52 bits per heavy atom. The van der Waals surface area contributed by atoms with Crippen LogP contribution in [0.5, 0.6) is 0 Å². The zero-order valence-corrected chi connectivity index (χ0v) is 18.9. The van der Waals surface area contributed by atoms with Crippen molar-refractivity contribution in [2.45, 2.75) is 17.7 Å². The number of hydrogen-bond donors (Lipinski definition) is 2. The van der Waals surface area contributed by atoms with Gasteiger partial charge in [0.15, 0.2) is 0 Å². The molecule has 4 nitrogen and oxygen atoms in total. The van der Waals surface area contributed by atoms with Gasteiger partial charge in [0.25, 0.3) is 0 Å². The van der Waals surface area contributed by atoms with Crippen molar-refractivity contribution in [1.29, 1.82) is 0 Å². The summed E-state index contributed by atoms with van der Waals surface area (Å²) in [4.78, 5) is 8.51. The van der Waals surface area contributed by atoms with Crippen molar-refractivity contribution in [3.8, 4) is 11.1 Å². The Hall–Kier alpha value is -2.25. The Morgan fingerprint density at radius 1 is 1.16 bits per heavy atom. The molecule has 4 aromatic rings. The van der Waals surface area contributed by atoms with Crippen LogP contribution in [0.15, 0.2) is 59.5 Å². The fourth-order valence-corrected chi connectivity index (χ4v) is 5.02. The van der Waals surface area contributed by atoms with Crippen LogP contribution in [-0.4, -0.2) is 31.6 Å². The van der Waals surface area contributed by atoms with Crippen molar-refractivity contribution >= 4 is 45.0 Å². The summed E-state index contributed by atoms with van der Waals surface area (Å²) in [6, 6.07) is 15.2. The topological polar surface area (TPSA) is 66.0 Å². The van der Waals surface area contributed by atoms with Crippen LogP contribution in [0.3, 0.4) is 0 Å². The van der Waals surface area contributed by atoms with Gasteiger partial charge in [0.1, 0.15) is 17.2 Å². The van der Waals surface area contributed by atoms with Crippen molar-refractivity contribution in [2.75, 3.05) is 12.4 Å². The van der Waals surface area contributed by atoms with Gasteiger partial charge in [-0.15, -0.1) is 0 Å². The number of benzene rings is 3. The number of imidazole rings is 1. The van der Waals surface area contributed by atoms with E-state index in [2.05, 4.69) is 9.97 Å². The van der Waals surface area contributed by atoms with Crippen molar-refractivity contribution < 1.29 is 13.7 Å². The van der Waals surface area contributed by atoms with Crippen molar-refractivity contribution in [3.05, 3.63) is 81.8 Å². The number of nitrogens with one attached hydrogen (secondary N) is 1. The smallest absolute Gasteiger partial charge is 0.131 e. The first kappa shape index (κ1) is 22.0. The minimum Gasteiger partial charge on any atom is -0.395 e. The lowest BCUT2D eigenvalue weighted by atomic mass is 9.99. The molecule has 0 aliphatic heterocycles. The van der Waals surface area contributed by atoms with Crippen molar-refractivity contribution in [2.24, 2.45) is 0 Å². The van der Waals surface area contributed by atoms with Crippen LogP contribution in [0.1, 0.15) is 24.2 Å². The molecule has 0 spiro atoms. The van der Waals surface area contributed by atoms with Crippen LogP contribution in [0.4, 0.5) is 4.39 Å². The second-order valence-corrected chi connectivity index (χ2v) is 9.51. The molecule has 1 heterocycles. The van der Waals surface area contributed by atoms with Crippen molar-refractivity contribution in [3.63, 3.8) is 0 Å². The highest BCUT2D eigenvalue weighted by molar-refractivity contribution is 7.85. The molecule has 1 aromatic heterocycles. The number of aromatic nitrogens is 2. The van der Waals surface area contributed by atoms with Crippen molar-refractivity contribution in [1.82, 2.24) is 9.97 Å². The lowest BCUT2D eigenvalue weighted by molar-refractivity contribution is 0.277. The first-order chi connectivity index (χ1) is 14.9. The van der Waals surface area contributed by atoms with Crippen LogP contribution in [0.2, 0.25) is 10.0 Å². The third kappa shape index (κ3) is 4.13. The number of rotatable bonds is 6. The van der Waals surface area contributed by atoms with Gasteiger partial charge in [0.05, 0.1) is 38.9 Å². The zero-order valence-electron chi connectivity index (χ0n) is 16.5. The summed E-state index contributed by atoms with van der Waals surface area (Å²) in [6.07, 6.45) is 0. The van der Waals surface area contributed by atoms with Crippen LogP contribution in [0, 0.1) is 5.82 Å². The molecule has 0 amide bonds. The summed E-state index contributed by atoms with van der Waals surface area (Å²) in [7, 11) is -1.05. The van der Waals surface area contributed by atoms with E-state index in [1.165, 1.54) is 6.07 Å². The third-order valence-corrected chi connectivity index (χ3v) is 7.14. The normalized spacial score (nSPS) is 13.5. The second kappa shape index (κ2) is 9.09. The maximum Gasteiger partial charge on any atom is 0.131 e. The standard InChI is InChI=1S/C23H19Cl2FN2O2S/c1-2-31(30)14-9-7-13(8-10-14)16(12-29)23-27-19-11-17(24)20(21(25)22(19)28-23)15-5-3-4-6-18(15)26/h3-11,16,29H,2,12H2,1H3,(H,27,28). The zero-order chi connectivity index (χ0) is 22.1. The molecule has 8 heteroatoms. The Balaban J connectivity index is 1.79. The molecule has 0 fully saturated rings. The van der Waals surface area contributed by atoms with E-state index in [-0.39, 0.29) is 11.6 Å². The van der Waals surface area contributed by atoms with Crippen LogP contribution >= 0.6 is 23.2 Å². The molecule has 0 aliphatic carbocycles. The number of nitrogens with zero attached hydrogens (tertiary/aromatic N) is 1. The van der Waals surface area contributed by atoms with Gasteiger partial charge in [0.2, 0.25) is 0 Å². The number of hydrogen-bond acceptors (Lipinski definition) is 3. The lowest BCUT2D eigenvalue weighted by Crippen LogP contribution is -2.08. The molecule has 2 unspecified atom stereocenters. The van der Waals surface area contributed by atoms with Crippen LogP contribution < -0.4 is 0 Å². The first-order valence-corrected chi connectivity index (χ1v) is 11.7. The van der Waals surface area contributed by atoms with E-state index in [1.807, 2.05) is 19.1 Å². The molecule has 2 N–H and O–H groups in total. The summed E-state index contributed by atoms with van der Waals surface area (Å²) in [5.41, 5.74) is 2.52. The van der Waals surface area contributed by atoms with Crippen LogP contribution in [-0.2, 0) is 10.8 Å². The lowest BCUT2D eigenvalue weighted by Gasteiger charge is -2.12. The van der Waals surface area contributed by atoms with E-state index >= 15 is 0 Å². The molecule has 0 aliphatic rings. The minimum absolute atomic E-state index is 0.193. The molecule has 0 saturated heterocycles. The number of aliphatic hydroxyl groups is 1. The average Bonchev–Trinajstić information content (AvgIpc) is 3.19. The first-order valence-electron chi connectivity index (χ1n) is 9.66. The molecule has 3 aromatic carbocycles. The molecule has 0 radical (unpaired) electrons. The van der Waals surface area contributed by atoms with Gasteiger partial charge >= 0.3 is 0 Å². The summed E-state index contributed by atoms with van der Waals surface area (Å²) in [5.74, 6) is 0.170. The molecular weight excluding hydrogens is 458 g/mol. The summed E-state index contributed by atoms with van der Waals surface area (Å²) in [5, 5.41) is 10.6. The fourth-order valence-electron chi connectivity index (χ4n) is 3.54. The average molecular weight is 477 g/mol. The van der Waals surface area contributed by atoms with E-state index in [0.717, 1.165) is 10.5 Å². The highest BCUT2D eigenvalue weighted by Gasteiger charge is 2.22. The number of aliphatic hydroxyl groups excluding tert-OH is 1. The number of aromatic amines is 1. The quantitative estimate of drug-likeness (QED) is 0.362. The van der Waals surface area contributed by atoms with Gasteiger partial charge in [-0.3, -0.25) is 4.21 Å².